The van der Waals surface area contributed by atoms with Crippen LogP contribution in [0.2, 0.25) is 0 Å². The van der Waals surface area contributed by atoms with E-state index in [2.05, 4.69) is 5.32 Å². The number of methoxy groups -OCH3 is 1. The number of esters is 1. The van der Waals surface area contributed by atoms with Gasteiger partial charge in [-0.3, -0.25) is 14.4 Å². The lowest BCUT2D eigenvalue weighted by Crippen LogP contribution is -2.42. The average Bonchev–Trinajstić information content (AvgIpc) is 3.60. The second kappa shape index (κ2) is 14.0. The molecule has 1 amide bonds. The highest BCUT2D eigenvalue weighted by Crippen LogP contribution is 2.53. The number of phenolic OH excluding ortho intramolecular Hbond substituents is 1. The van der Waals surface area contributed by atoms with Crippen LogP contribution >= 0.6 is 0 Å². The number of benzene rings is 1. The molecule has 0 radical (unpaired) electrons. The number of fused-ring (bicyclic) bond motifs is 13. The number of hydrogen-bond donors (Lipinski definition) is 4. The summed E-state index contributed by atoms with van der Waals surface area (Å²) in [6.07, 6.45) is 6.50. The summed E-state index contributed by atoms with van der Waals surface area (Å²) < 4.78 is 29.2. The zero-order valence-electron chi connectivity index (χ0n) is 30.3. The van der Waals surface area contributed by atoms with Crippen molar-refractivity contribution in [2.45, 2.75) is 85.3 Å². The molecular formula is C38H47NO12. The van der Waals surface area contributed by atoms with E-state index in [4.69, 9.17) is 23.7 Å². The van der Waals surface area contributed by atoms with Gasteiger partial charge in [0, 0.05) is 43.1 Å². The van der Waals surface area contributed by atoms with E-state index in [9.17, 15) is 34.5 Å². The third-order valence-electron chi connectivity index (χ3n) is 11.0. The molecule has 10 atom stereocenters. The van der Waals surface area contributed by atoms with Crippen molar-refractivity contribution in [1.29, 1.82) is 0 Å². The Labute approximate surface area is 296 Å². The minimum absolute atomic E-state index is 0.0378. The molecular weight excluding hydrogens is 662 g/mol. The Bertz CT molecular complexity index is 1760. The molecule has 4 aliphatic heterocycles. The molecule has 4 heterocycles. The number of aliphatic hydroxyl groups is 2. The number of phenols is 1. The van der Waals surface area contributed by atoms with Crippen molar-refractivity contribution in [3.8, 4) is 11.5 Å². The van der Waals surface area contributed by atoms with Gasteiger partial charge in [-0.1, -0.05) is 52.8 Å². The largest absolute Gasteiger partial charge is 0.507 e. The molecule has 1 saturated heterocycles. The molecule has 0 saturated carbocycles. The summed E-state index contributed by atoms with van der Waals surface area (Å²) in [5.74, 6) is -9.34. The Morgan fingerprint density at radius 2 is 1.59 bits per heavy atom. The van der Waals surface area contributed by atoms with E-state index < -0.39 is 83.1 Å². The van der Waals surface area contributed by atoms with E-state index in [1.807, 2.05) is 20.8 Å². The summed E-state index contributed by atoms with van der Waals surface area (Å²) in [6.45, 7) is 13.2. The number of nitrogens with one attached hydrogen (secondary N) is 1. The highest BCUT2D eigenvalue weighted by molar-refractivity contribution is 6.19. The van der Waals surface area contributed by atoms with E-state index in [0.29, 0.717) is 0 Å². The molecule has 13 nitrogen and oxygen atoms in total. The van der Waals surface area contributed by atoms with Gasteiger partial charge in [-0.05, 0) is 37.7 Å². The number of hydrogen-bond acceptors (Lipinski definition) is 12. The summed E-state index contributed by atoms with van der Waals surface area (Å²) in [4.78, 5) is 54.1. The minimum Gasteiger partial charge on any atom is -0.507 e. The van der Waals surface area contributed by atoms with Gasteiger partial charge in [0.15, 0.2) is 0 Å². The smallest absolute Gasteiger partial charge is 0.335 e. The van der Waals surface area contributed by atoms with Crippen molar-refractivity contribution in [3.05, 3.63) is 70.2 Å². The first-order valence-corrected chi connectivity index (χ1v) is 17.1. The fraction of sp³-hybridized carbons (Fsp3) is 0.526. The summed E-state index contributed by atoms with van der Waals surface area (Å²) in [5, 5.41) is 36.4. The van der Waals surface area contributed by atoms with Gasteiger partial charge in [-0.15, -0.1) is 0 Å². The van der Waals surface area contributed by atoms with Crippen molar-refractivity contribution in [2.24, 2.45) is 29.6 Å². The van der Waals surface area contributed by atoms with Crippen LogP contribution in [0, 0.1) is 36.5 Å². The molecule has 4 N–H and O–H groups in total. The number of carbonyl (C=O) groups excluding carboxylic acids is 4. The molecule has 276 valence electrons. The Morgan fingerprint density at radius 3 is 2.22 bits per heavy atom. The fourth-order valence-electron chi connectivity index (χ4n) is 7.19. The Balaban J connectivity index is 1.64. The van der Waals surface area contributed by atoms with Crippen LogP contribution in [0.5, 0.6) is 11.5 Å². The predicted molar refractivity (Wildman–Crippen MR) is 182 cm³/mol. The van der Waals surface area contributed by atoms with Gasteiger partial charge < -0.3 is 44.3 Å². The van der Waals surface area contributed by atoms with Crippen LogP contribution in [-0.4, -0.2) is 76.6 Å². The van der Waals surface area contributed by atoms with Gasteiger partial charge in [0.2, 0.25) is 5.78 Å². The maximum atomic E-state index is 14.2. The molecule has 5 bridgehead atoms. The zero-order valence-corrected chi connectivity index (χ0v) is 30.3. The van der Waals surface area contributed by atoms with Crippen molar-refractivity contribution < 1.29 is 58.2 Å². The number of ketones is 2. The molecule has 1 aliphatic carbocycles. The van der Waals surface area contributed by atoms with Gasteiger partial charge in [0.25, 0.3) is 17.5 Å². The Morgan fingerprint density at radius 1 is 0.902 bits per heavy atom. The molecule has 1 aromatic carbocycles. The quantitative estimate of drug-likeness (QED) is 0.309. The zero-order chi connectivity index (χ0) is 37.7. The topological polar surface area (TPSA) is 187 Å². The maximum absolute atomic E-state index is 14.2. The fourth-order valence-corrected chi connectivity index (χ4v) is 7.19. The van der Waals surface area contributed by atoms with E-state index in [0.717, 1.165) is 6.08 Å². The highest BCUT2D eigenvalue weighted by Gasteiger charge is 2.58. The van der Waals surface area contributed by atoms with Crippen molar-refractivity contribution in [3.63, 3.8) is 0 Å². The van der Waals surface area contributed by atoms with Crippen LogP contribution < -0.4 is 10.1 Å². The van der Waals surface area contributed by atoms with Gasteiger partial charge in [0.1, 0.15) is 18.1 Å². The molecule has 5 aliphatic rings. The predicted octanol–water partition coefficient (Wildman–Crippen LogP) is 3.88. The van der Waals surface area contributed by atoms with Crippen LogP contribution in [0.25, 0.3) is 0 Å². The number of Topliss-reactive ketones (excluding diaryl/α,β-unsaturated/α-hetero) is 2. The first kappa shape index (κ1) is 37.9. The summed E-state index contributed by atoms with van der Waals surface area (Å²) in [7, 11) is 1.53. The van der Waals surface area contributed by atoms with Crippen LogP contribution in [0.1, 0.15) is 80.3 Å². The summed E-state index contributed by atoms with van der Waals surface area (Å²) in [6, 6.07) is 0. The minimum atomic E-state index is -2.17. The van der Waals surface area contributed by atoms with Gasteiger partial charge in [-0.25, -0.2) is 4.79 Å². The van der Waals surface area contributed by atoms with E-state index >= 15 is 0 Å². The number of aromatic hydroxyl groups is 1. The lowest BCUT2D eigenvalue weighted by atomic mass is 9.74. The Hall–Kier alpha value is -4.30. The second-order valence-electron chi connectivity index (χ2n) is 14.2. The number of ether oxygens (including phenoxy) is 5. The molecule has 13 heteroatoms. The van der Waals surface area contributed by atoms with Crippen LogP contribution in [0.15, 0.2) is 47.9 Å². The highest BCUT2D eigenvalue weighted by atomic mass is 16.8. The monoisotopic (exact) mass is 709 g/mol. The molecule has 51 heavy (non-hydrogen) atoms. The maximum Gasteiger partial charge on any atom is 0.335 e. The standard InChI is InChI=1S/C38H47NO12/c1-17-11-10-12-18(2)36(46)39-24-15-38(49-16-26(40)50-38)29-27(33(24)44)32(43)23(7)34-28(29)35(45)37(8,51-34)48-14-13-25(47-9)20(4)19(3)21(5)31(42)22(6)30(17)41/h10-15,17,19-22,25,30-31,41-43H,16H2,1-9H3,(H,39,46)/b11-10+,14-13+,18-12-/t17-,19+,20-,21-,22+,25-,30-,31-,37-,38?/m0/s1. The SMILES string of the molecule is CO[C@H]1/C=C/O[C@@]2(C)Oc3c(C)c(O)c4c(c3C2=O)C2(C=C(NC(=O)/C(C)=C\C=C\[C@H](C)[C@H](O)[C@@H](C)[C@@H](O)[C@@H](C)[C@H](C)[C@@H]1C)C4=O)OCC(=O)O2. The molecule has 1 aromatic rings. The first-order chi connectivity index (χ1) is 23.9. The molecule has 1 spiro atoms. The molecule has 1 fully saturated rings. The average molecular weight is 710 g/mol. The third kappa shape index (κ3) is 6.52. The van der Waals surface area contributed by atoms with Crippen molar-refractivity contribution in [1.82, 2.24) is 5.32 Å². The van der Waals surface area contributed by atoms with Gasteiger partial charge >= 0.3 is 11.8 Å². The van der Waals surface area contributed by atoms with Crippen LogP contribution in [0.3, 0.4) is 0 Å². The molecule has 6 rings (SSSR count). The van der Waals surface area contributed by atoms with E-state index in [-0.39, 0.29) is 51.5 Å². The molecule has 0 aromatic heterocycles. The first-order valence-electron chi connectivity index (χ1n) is 17.1. The van der Waals surface area contributed by atoms with Gasteiger partial charge in [0.05, 0.1) is 47.0 Å². The summed E-state index contributed by atoms with van der Waals surface area (Å²) >= 11 is 0. The lowest BCUT2D eigenvalue weighted by Gasteiger charge is -2.37. The van der Waals surface area contributed by atoms with Gasteiger partial charge in [-0.2, -0.15) is 0 Å². The normalized spacial score (nSPS) is 38.3. The van der Waals surface area contributed by atoms with E-state index in [1.54, 1.807) is 32.1 Å². The number of rotatable bonds is 1. The number of allylic oxidation sites excluding steroid dienone is 3. The lowest BCUT2D eigenvalue weighted by molar-refractivity contribution is -0.160. The molecule has 1 unspecified atom stereocenters. The number of amides is 1. The van der Waals surface area contributed by atoms with E-state index in [1.165, 1.54) is 40.2 Å². The second-order valence-corrected chi connectivity index (χ2v) is 14.2. The van der Waals surface area contributed by atoms with Crippen molar-refractivity contribution in [2.75, 3.05) is 13.7 Å². The summed E-state index contributed by atoms with van der Waals surface area (Å²) in [5.41, 5.74) is -0.970. The van der Waals surface area contributed by atoms with Crippen molar-refractivity contribution >= 4 is 23.4 Å². The third-order valence-corrected chi connectivity index (χ3v) is 11.0. The number of aliphatic hydroxyl groups excluding tert-OH is 2. The van der Waals surface area contributed by atoms with Crippen LogP contribution in [0.4, 0.5) is 0 Å². The van der Waals surface area contributed by atoms with Crippen LogP contribution in [-0.2, 0) is 34.3 Å². The number of carbonyl (C=O) groups is 4. The Kier molecular flexibility index (Phi) is 10.4.